The molecule has 1 heterocycles. The van der Waals surface area contributed by atoms with Crippen molar-refractivity contribution in [1.29, 1.82) is 0 Å². The fourth-order valence-electron chi connectivity index (χ4n) is 10.5. The summed E-state index contributed by atoms with van der Waals surface area (Å²) < 4.78 is 6.78. The van der Waals surface area contributed by atoms with E-state index in [0.29, 0.717) is 41.4 Å². The summed E-state index contributed by atoms with van der Waals surface area (Å²) in [5.74, 6) is 6.07. The van der Waals surface area contributed by atoms with Gasteiger partial charge in [-0.15, -0.1) is 0 Å². The SMILES string of the molecule is C1=CC2=CCC(C3=CC=C(C4C5CCCC=C5C(C5C=CC=C6c7ccccc7OC65)C5C=CCCC54)CC3)CC2C=C1. The highest BCUT2D eigenvalue weighted by Crippen LogP contribution is 2.60. The highest BCUT2D eigenvalue weighted by Gasteiger charge is 2.53. The van der Waals surface area contributed by atoms with Crippen LogP contribution in [0.5, 0.6) is 5.75 Å². The molecule has 1 aliphatic heterocycles. The summed E-state index contributed by atoms with van der Waals surface area (Å²) in [5.41, 5.74) is 9.49. The molecular formula is C42H44O. The summed E-state index contributed by atoms with van der Waals surface area (Å²) in [6, 6.07) is 8.70. The van der Waals surface area contributed by atoms with Gasteiger partial charge >= 0.3 is 0 Å². The molecule has 0 radical (unpaired) electrons. The number of hydrogen-bond acceptors (Lipinski definition) is 1. The normalized spacial score (nSPS) is 38.6. The summed E-state index contributed by atoms with van der Waals surface area (Å²) >= 11 is 0. The standard InChI is InChI=1S/C42H44O/c1-2-11-30-26-31(25-22-27(30)10-1)28-20-23-29(24-21-28)40-33-13-3-5-15-35(33)41(36-16-6-4-14-34(36)40)38-18-9-17-37-32-12-7-8-19-39(32)43-42(37)38/h1-2,5,7-12,15-20,22-23,30-31,33-35,38,40-42H,3-4,6,13-14,21,24-26H2. The molecule has 0 amide bonds. The first kappa shape index (κ1) is 26.1. The Bertz CT molecular complexity index is 1580. The van der Waals surface area contributed by atoms with Crippen LogP contribution in [0.3, 0.4) is 0 Å². The second-order valence-corrected chi connectivity index (χ2v) is 14.4. The zero-order valence-electron chi connectivity index (χ0n) is 25.3. The van der Waals surface area contributed by atoms with Gasteiger partial charge in [-0.25, -0.2) is 0 Å². The van der Waals surface area contributed by atoms with Crippen LogP contribution in [-0.2, 0) is 0 Å². The van der Waals surface area contributed by atoms with E-state index in [1.54, 1.807) is 22.3 Å². The molecule has 0 bridgehead atoms. The van der Waals surface area contributed by atoms with Gasteiger partial charge in [-0.3, -0.25) is 0 Å². The maximum atomic E-state index is 6.78. The van der Waals surface area contributed by atoms with Crippen molar-refractivity contribution >= 4 is 5.57 Å². The third-order valence-corrected chi connectivity index (χ3v) is 12.4. The predicted molar refractivity (Wildman–Crippen MR) is 177 cm³/mol. The molecule has 1 nitrogen and oxygen atoms in total. The van der Waals surface area contributed by atoms with Gasteiger partial charge in [0.1, 0.15) is 11.9 Å². The van der Waals surface area contributed by atoms with E-state index >= 15 is 0 Å². The molecule has 1 aromatic rings. The van der Waals surface area contributed by atoms with Gasteiger partial charge in [0.2, 0.25) is 0 Å². The lowest BCUT2D eigenvalue weighted by molar-refractivity contribution is 0.0682. The maximum absolute atomic E-state index is 6.78. The Hall–Kier alpha value is -3.32. The summed E-state index contributed by atoms with van der Waals surface area (Å²) in [6.45, 7) is 0. The molecule has 0 aromatic heterocycles. The Morgan fingerprint density at radius 1 is 0.767 bits per heavy atom. The minimum absolute atomic E-state index is 0.141. The largest absolute Gasteiger partial charge is 0.484 e. The average molecular weight is 565 g/mol. The number of fused-ring (bicyclic) bond motifs is 6. The van der Waals surface area contributed by atoms with Crippen molar-refractivity contribution in [3.05, 3.63) is 131 Å². The van der Waals surface area contributed by atoms with Gasteiger partial charge in [0.15, 0.2) is 0 Å². The average Bonchev–Trinajstić information content (AvgIpc) is 3.46. The molecular weight excluding hydrogens is 520 g/mol. The van der Waals surface area contributed by atoms with Crippen LogP contribution in [0.25, 0.3) is 5.57 Å². The minimum atomic E-state index is 0.141. The number of ether oxygens (including phenoxy) is 1. The van der Waals surface area contributed by atoms with E-state index in [0.717, 1.165) is 11.7 Å². The lowest BCUT2D eigenvalue weighted by Crippen LogP contribution is -2.48. The molecule has 0 saturated heterocycles. The highest BCUT2D eigenvalue weighted by atomic mass is 16.5. The lowest BCUT2D eigenvalue weighted by atomic mass is 9.50. The van der Waals surface area contributed by atoms with Crippen molar-refractivity contribution in [2.45, 2.75) is 63.9 Å². The molecule has 1 saturated carbocycles. The van der Waals surface area contributed by atoms with Crippen LogP contribution < -0.4 is 4.74 Å². The molecule has 1 aromatic carbocycles. The van der Waals surface area contributed by atoms with Crippen molar-refractivity contribution in [3.63, 3.8) is 0 Å². The second-order valence-electron chi connectivity index (χ2n) is 14.4. The van der Waals surface area contributed by atoms with Crippen molar-refractivity contribution in [3.8, 4) is 5.75 Å². The smallest absolute Gasteiger partial charge is 0.131 e. The van der Waals surface area contributed by atoms with E-state index in [9.17, 15) is 0 Å². The highest BCUT2D eigenvalue weighted by molar-refractivity contribution is 5.79. The first-order valence-electron chi connectivity index (χ1n) is 17.3. The Kier molecular flexibility index (Phi) is 6.49. The lowest BCUT2D eigenvalue weighted by Gasteiger charge is -2.54. The topological polar surface area (TPSA) is 9.23 Å². The van der Waals surface area contributed by atoms with E-state index < -0.39 is 0 Å². The summed E-state index contributed by atoms with van der Waals surface area (Å²) in [4.78, 5) is 0. The second kappa shape index (κ2) is 10.7. The molecule has 1 fully saturated rings. The molecule has 43 heavy (non-hydrogen) atoms. The van der Waals surface area contributed by atoms with E-state index in [-0.39, 0.29) is 6.10 Å². The van der Waals surface area contributed by atoms with Crippen LogP contribution in [0.2, 0.25) is 0 Å². The van der Waals surface area contributed by atoms with Crippen molar-refractivity contribution < 1.29 is 4.74 Å². The van der Waals surface area contributed by atoms with Crippen LogP contribution in [0, 0.1) is 47.3 Å². The molecule has 0 N–H and O–H groups in total. The minimum Gasteiger partial charge on any atom is -0.484 e. The zero-order valence-corrected chi connectivity index (χ0v) is 25.3. The number of para-hydroxylation sites is 1. The Morgan fingerprint density at radius 3 is 2.65 bits per heavy atom. The quantitative estimate of drug-likeness (QED) is 0.332. The maximum Gasteiger partial charge on any atom is 0.131 e. The Labute approximate surface area is 257 Å². The number of rotatable bonds is 3. The van der Waals surface area contributed by atoms with E-state index in [1.807, 2.05) is 0 Å². The molecule has 1 heteroatoms. The zero-order chi connectivity index (χ0) is 28.3. The van der Waals surface area contributed by atoms with Gasteiger partial charge < -0.3 is 4.74 Å². The fourth-order valence-corrected chi connectivity index (χ4v) is 10.5. The summed E-state index contributed by atoms with van der Waals surface area (Å²) in [5, 5.41) is 0. The van der Waals surface area contributed by atoms with Gasteiger partial charge in [0.05, 0.1) is 0 Å². The number of hydrogen-bond donors (Lipinski definition) is 0. The van der Waals surface area contributed by atoms with Crippen LogP contribution >= 0.6 is 0 Å². The van der Waals surface area contributed by atoms with Crippen molar-refractivity contribution in [1.82, 2.24) is 0 Å². The van der Waals surface area contributed by atoms with Gasteiger partial charge in [0, 0.05) is 23.0 Å². The third-order valence-electron chi connectivity index (χ3n) is 12.4. The molecule has 0 spiro atoms. The van der Waals surface area contributed by atoms with Crippen molar-refractivity contribution in [2.24, 2.45) is 47.3 Å². The predicted octanol–water partition coefficient (Wildman–Crippen LogP) is 10.3. The number of allylic oxidation sites excluding steroid dienone is 16. The molecule has 8 aliphatic rings. The molecule has 9 unspecified atom stereocenters. The molecule has 9 atom stereocenters. The molecule has 9 rings (SSSR count). The van der Waals surface area contributed by atoms with E-state index in [2.05, 4.69) is 103 Å². The molecule has 7 aliphatic carbocycles. The summed E-state index contributed by atoms with van der Waals surface area (Å²) in [6.07, 6.45) is 43.6. The van der Waals surface area contributed by atoms with E-state index in [4.69, 9.17) is 4.74 Å². The van der Waals surface area contributed by atoms with Gasteiger partial charge in [-0.05, 0) is 105 Å². The summed E-state index contributed by atoms with van der Waals surface area (Å²) in [7, 11) is 0. The molecule has 218 valence electrons. The van der Waals surface area contributed by atoms with Gasteiger partial charge in [-0.2, -0.15) is 0 Å². The Morgan fingerprint density at radius 2 is 1.70 bits per heavy atom. The van der Waals surface area contributed by atoms with Crippen LogP contribution in [0.4, 0.5) is 0 Å². The Balaban J connectivity index is 1.03. The number of benzene rings is 1. The third kappa shape index (κ3) is 4.33. The van der Waals surface area contributed by atoms with Crippen LogP contribution in [0.15, 0.2) is 126 Å². The van der Waals surface area contributed by atoms with Crippen LogP contribution in [0.1, 0.15) is 63.4 Å². The van der Waals surface area contributed by atoms with E-state index in [1.165, 1.54) is 68.9 Å². The van der Waals surface area contributed by atoms with Gasteiger partial charge in [0.25, 0.3) is 0 Å². The first-order chi connectivity index (χ1) is 21.3. The van der Waals surface area contributed by atoms with Crippen molar-refractivity contribution in [2.75, 3.05) is 0 Å². The van der Waals surface area contributed by atoms with Gasteiger partial charge in [-0.1, -0.05) is 114 Å². The first-order valence-corrected chi connectivity index (χ1v) is 17.3. The monoisotopic (exact) mass is 564 g/mol. The fraction of sp³-hybridized carbons (Fsp3) is 0.429. The van der Waals surface area contributed by atoms with Crippen LogP contribution in [-0.4, -0.2) is 6.10 Å².